The van der Waals surface area contributed by atoms with E-state index in [-0.39, 0.29) is 17.6 Å². The predicted octanol–water partition coefficient (Wildman–Crippen LogP) is 1.35. The highest BCUT2D eigenvalue weighted by atomic mass is 16.3. The van der Waals surface area contributed by atoms with Crippen LogP contribution < -0.4 is 0 Å². The molecule has 2 unspecified atom stereocenters. The molecule has 4 rings (SSSR count). The van der Waals surface area contributed by atoms with Crippen LogP contribution in [0.25, 0.3) is 0 Å². The number of benzene rings is 1. The maximum atomic E-state index is 11.9. The fourth-order valence-electron chi connectivity index (χ4n) is 3.48. The minimum atomic E-state index is -0.381. The number of fused-ring (bicyclic) bond motifs is 1. The van der Waals surface area contributed by atoms with Crippen LogP contribution in [-0.4, -0.2) is 34.3 Å². The van der Waals surface area contributed by atoms with Crippen LogP contribution in [0.1, 0.15) is 24.8 Å². The van der Waals surface area contributed by atoms with E-state index in [2.05, 4.69) is 11.1 Å². The Morgan fingerprint density at radius 3 is 3.06 bits per heavy atom. The monoisotopic (exact) mass is 242 g/mol. The lowest BCUT2D eigenvalue weighted by Gasteiger charge is -2.50. The molecule has 2 saturated heterocycles. The molecule has 0 saturated carbocycles. The Bertz CT molecular complexity index is 581. The SMILES string of the molecule is O=C1CC23C(=Nc4ccccc42)CC(O)CCN13. The number of aliphatic hydroxyl groups excluding tert-OH is 1. The molecule has 4 nitrogen and oxygen atoms in total. The van der Waals surface area contributed by atoms with Crippen LogP contribution in [0, 0.1) is 0 Å². The maximum absolute atomic E-state index is 11.9. The van der Waals surface area contributed by atoms with Crippen LogP contribution in [0.2, 0.25) is 0 Å². The molecule has 4 heteroatoms. The third-order valence-electron chi connectivity index (χ3n) is 4.37. The highest BCUT2D eigenvalue weighted by molar-refractivity contribution is 6.10. The Balaban J connectivity index is 1.91. The van der Waals surface area contributed by atoms with Gasteiger partial charge in [-0.15, -0.1) is 0 Å². The summed E-state index contributed by atoms with van der Waals surface area (Å²) in [7, 11) is 0. The van der Waals surface area contributed by atoms with E-state index < -0.39 is 0 Å². The van der Waals surface area contributed by atoms with Crippen molar-refractivity contribution in [3.63, 3.8) is 0 Å². The number of hydrogen-bond donors (Lipinski definition) is 1. The predicted molar refractivity (Wildman–Crippen MR) is 66.8 cm³/mol. The van der Waals surface area contributed by atoms with E-state index in [1.807, 2.05) is 23.1 Å². The number of amides is 1. The van der Waals surface area contributed by atoms with E-state index in [1.54, 1.807) is 0 Å². The van der Waals surface area contributed by atoms with Gasteiger partial charge in [0.2, 0.25) is 5.91 Å². The van der Waals surface area contributed by atoms with Crippen molar-refractivity contribution in [1.29, 1.82) is 0 Å². The molecule has 2 fully saturated rings. The molecule has 92 valence electrons. The molecule has 3 aliphatic rings. The first-order valence-corrected chi connectivity index (χ1v) is 6.38. The van der Waals surface area contributed by atoms with Gasteiger partial charge in [-0.2, -0.15) is 0 Å². The summed E-state index contributed by atoms with van der Waals surface area (Å²) in [6.07, 6.45) is 1.36. The number of aliphatic hydroxyl groups is 1. The van der Waals surface area contributed by atoms with Crippen LogP contribution in [0.3, 0.4) is 0 Å². The highest BCUT2D eigenvalue weighted by Gasteiger charge is 2.59. The molecule has 3 aliphatic heterocycles. The third-order valence-corrected chi connectivity index (χ3v) is 4.37. The van der Waals surface area contributed by atoms with Gasteiger partial charge in [0.1, 0.15) is 5.54 Å². The van der Waals surface area contributed by atoms with Gasteiger partial charge < -0.3 is 10.0 Å². The summed E-state index contributed by atoms with van der Waals surface area (Å²) in [6, 6.07) is 8.00. The Kier molecular flexibility index (Phi) is 1.83. The second-order valence-electron chi connectivity index (χ2n) is 5.30. The van der Waals surface area contributed by atoms with Gasteiger partial charge in [0.05, 0.1) is 23.9 Å². The van der Waals surface area contributed by atoms with Gasteiger partial charge >= 0.3 is 0 Å². The summed E-state index contributed by atoms with van der Waals surface area (Å²) in [5.74, 6) is 0.175. The summed E-state index contributed by atoms with van der Waals surface area (Å²) in [4.78, 5) is 18.4. The van der Waals surface area contributed by atoms with E-state index in [0.29, 0.717) is 25.8 Å². The van der Waals surface area contributed by atoms with Gasteiger partial charge in [0.25, 0.3) is 0 Å². The summed E-state index contributed by atoms with van der Waals surface area (Å²) in [6.45, 7) is 0.632. The molecule has 2 atom stereocenters. The van der Waals surface area contributed by atoms with E-state index in [9.17, 15) is 9.90 Å². The van der Waals surface area contributed by atoms with Crippen LogP contribution in [-0.2, 0) is 10.3 Å². The Morgan fingerprint density at radius 2 is 2.22 bits per heavy atom. The van der Waals surface area contributed by atoms with Gasteiger partial charge in [-0.25, -0.2) is 0 Å². The molecule has 0 aliphatic carbocycles. The van der Waals surface area contributed by atoms with Gasteiger partial charge in [-0.05, 0) is 12.5 Å². The lowest BCUT2D eigenvalue weighted by atomic mass is 9.74. The summed E-state index contributed by atoms with van der Waals surface area (Å²) in [5.41, 5.74) is 2.73. The molecule has 0 aromatic heterocycles. The van der Waals surface area contributed by atoms with Crippen LogP contribution >= 0.6 is 0 Å². The summed E-state index contributed by atoms with van der Waals surface area (Å²) >= 11 is 0. The van der Waals surface area contributed by atoms with Crippen molar-refractivity contribution in [3.05, 3.63) is 29.8 Å². The molecule has 0 radical (unpaired) electrons. The number of carbonyl (C=O) groups excluding carboxylic acids is 1. The van der Waals surface area contributed by atoms with Crippen molar-refractivity contribution in [2.75, 3.05) is 6.54 Å². The largest absolute Gasteiger partial charge is 0.393 e. The first kappa shape index (κ1) is 10.3. The van der Waals surface area contributed by atoms with Crippen molar-refractivity contribution >= 4 is 17.3 Å². The van der Waals surface area contributed by atoms with E-state index >= 15 is 0 Å². The van der Waals surface area contributed by atoms with Crippen molar-refractivity contribution < 1.29 is 9.90 Å². The lowest BCUT2D eigenvalue weighted by molar-refractivity contribution is -0.151. The van der Waals surface area contributed by atoms with Crippen molar-refractivity contribution in [2.24, 2.45) is 4.99 Å². The fourth-order valence-corrected chi connectivity index (χ4v) is 3.48. The Hall–Kier alpha value is -1.68. The molecule has 1 aromatic carbocycles. The Labute approximate surface area is 105 Å². The normalized spacial score (nSPS) is 32.9. The van der Waals surface area contributed by atoms with Crippen molar-refractivity contribution in [3.8, 4) is 0 Å². The first-order chi connectivity index (χ1) is 8.72. The van der Waals surface area contributed by atoms with Crippen LogP contribution in [0.5, 0.6) is 0 Å². The van der Waals surface area contributed by atoms with Crippen LogP contribution in [0.15, 0.2) is 29.3 Å². The van der Waals surface area contributed by atoms with Crippen molar-refractivity contribution in [1.82, 2.24) is 4.90 Å². The number of aliphatic imine (C=N–C) groups is 1. The smallest absolute Gasteiger partial charge is 0.226 e. The molecular weight excluding hydrogens is 228 g/mol. The number of carbonyl (C=O) groups is 1. The average molecular weight is 242 g/mol. The van der Waals surface area contributed by atoms with E-state index in [1.165, 1.54) is 0 Å². The molecule has 1 N–H and O–H groups in total. The zero-order valence-corrected chi connectivity index (χ0v) is 9.97. The highest BCUT2D eigenvalue weighted by Crippen LogP contribution is 2.52. The quantitative estimate of drug-likeness (QED) is 0.698. The summed E-state index contributed by atoms with van der Waals surface area (Å²) in [5, 5.41) is 9.94. The summed E-state index contributed by atoms with van der Waals surface area (Å²) < 4.78 is 0. The molecule has 1 amide bonds. The van der Waals surface area contributed by atoms with Gasteiger partial charge in [-0.3, -0.25) is 9.79 Å². The van der Waals surface area contributed by atoms with Gasteiger partial charge in [0, 0.05) is 18.5 Å². The molecular formula is C14H14N2O2. The second kappa shape index (κ2) is 3.20. The number of β-lactam (4-membered cyclic amide) rings is 1. The zero-order valence-electron chi connectivity index (χ0n) is 9.97. The lowest BCUT2D eigenvalue weighted by Crippen LogP contribution is -2.63. The molecule has 18 heavy (non-hydrogen) atoms. The van der Waals surface area contributed by atoms with Crippen molar-refractivity contribution in [2.45, 2.75) is 30.9 Å². The van der Waals surface area contributed by atoms with E-state index in [0.717, 1.165) is 17.0 Å². The molecule has 3 heterocycles. The minimum absolute atomic E-state index is 0.175. The standard InChI is InChI=1S/C14H14N2O2/c17-9-5-6-16-13(18)8-14(16)10-3-1-2-4-11(10)15-12(14)7-9/h1-4,9,17H,5-8H2. The fraction of sp³-hybridized carbons (Fsp3) is 0.429. The number of nitrogens with zero attached hydrogens (tertiary/aromatic N) is 2. The molecule has 1 spiro atoms. The number of hydrogen-bond acceptors (Lipinski definition) is 3. The average Bonchev–Trinajstić information content (AvgIpc) is 2.60. The first-order valence-electron chi connectivity index (χ1n) is 6.38. The number of rotatable bonds is 0. The number of para-hydroxylation sites is 1. The second-order valence-corrected chi connectivity index (χ2v) is 5.30. The molecule has 1 aromatic rings. The van der Waals surface area contributed by atoms with Crippen LogP contribution in [0.4, 0.5) is 5.69 Å². The minimum Gasteiger partial charge on any atom is -0.393 e. The van der Waals surface area contributed by atoms with E-state index in [4.69, 9.17) is 0 Å². The van der Waals surface area contributed by atoms with Gasteiger partial charge in [-0.1, -0.05) is 18.2 Å². The Morgan fingerprint density at radius 1 is 1.39 bits per heavy atom. The topological polar surface area (TPSA) is 52.9 Å². The zero-order chi connectivity index (χ0) is 12.3. The third kappa shape index (κ3) is 1.04. The molecule has 0 bridgehead atoms. The maximum Gasteiger partial charge on any atom is 0.226 e. The van der Waals surface area contributed by atoms with Gasteiger partial charge in [0.15, 0.2) is 0 Å².